The summed E-state index contributed by atoms with van der Waals surface area (Å²) >= 11 is 0. The van der Waals surface area contributed by atoms with E-state index in [0.29, 0.717) is 0 Å². The van der Waals surface area contributed by atoms with E-state index >= 15 is 0 Å². The van der Waals surface area contributed by atoms with Crippen LogP contribution in [-0.2, 0) is 12.6 Å². The fourth-order valence-electron chi connectivity index (χ4n) is 1.70. The Morgan fingerprint density at radius 2 is 2.00 bits per heavy atom. The molecule has 0 unspecified atom stereocenters. The molecule has 0 atom stereocenters. The molecule has 0 radical (unpaired) electrons. The first kappa shape index (κ1) is 15.1. The second-order valence-electron chi connectivity index (χ2n) is 4.32. The Hall–Kier alpha value is -2.25. The van der Waals surface area contributed by atoms with Crippen molar-refractivity contribution in [2.75, 3.05) is 11.9 Å². The van der Waals surface area contributed by atoms with Crippen LogP contribution < -0.4 is 5.32 Å². The van der Waals surface area contributed by atoms with Crippen LogP contribution in [-0.4, -0.2) is 21.5 Å². The van der Waals surface area contributed by atoms with Crippen molar-refractivity contribution in [1.82, 2.24) is 15.0 Å². The summed E-state index contributed by atoms with van der Waals surface area (Å²) in [5.41, 5.74) is 0.440. The maximum Gasteiger partial charge on any atom is 0.451 e. The molecule has 2 aromatic rings. The molecule has 2 aromatic heterocycles. The maximum atomic E-state index is 13.3. The van der Waals surface area contributed by atoms with Crippen LogP contribution in [0.5, 0.6) is 0 Å². The minimum absolute atomic E-state index is 0.0474. The molecule has 2 heterocycles. The molecule has 0 bridgehead atoms. The van der Waals surface area contributed by atoms with Crippen molar-refractivity contribution in [2.45, 2.75) is 19.5 Å². The van der Waals surface area contributed by atoms with Crippen molar-refractivity contribution >= 4 is 5.82 Å². The molecular weight excluding hydrogens is 288 g/mol. The van der Waals surface area contributed by atoms with E-state index < -0.39 is 17.8 Å². The summed E-state index contributed by atoms with van der Waals surface area (Å²) in [5.74, 6) is -1.60. The Morgan fingerprint density at radius 1 is 1.24 bits per heavy atom. The third-order valence-corrected chi connectivity index (χ3v) is 2.61. The highest BCUT2D eigenvalue weighted by Gasteiger charge is 2.35. The number of aromatic nitrogens is 3. The molecule has 8 heteroatoms. The number of rotatable bonds is 4. The summed E-state index contributed by atoms with van der Waals surface area (Å²) in [4.78, 5) is 10.6. The van der Waals surface area contributed by atoms with Crippen LogP contribution >= 0.6 is 0 Å². The molecule has 0 aliphatic rings. The second kappa shape index (κ2) is 6.02. The van der Waals surface area contributed by atoms with Crippen LogP contribution in [0.15, 0.2) is 24.4 Å². The van der Waals surface area contributed by atoms with Crippen LogP contribution in [0.3, 0.4) is 0 Å². The number of aryl methyl sites for hydroxylation is 1. The molecule has 0 aliphatic carbocycles. The normalized spacial score (nSPS) is 11.5. The Bertz CT molecular complexity index is 628. The van der Waals surface area contributed by atoms with Gasteiger partial charge in [-0.25, -0.2) is 14.4 Å². The average molecular weight is 300 g/mol. The van der Waals surface area contributed by atoms with Gasteiger partial charge in [-0.3, -0.25) is 4.98 Å². The molecular formula is C13H12F4N4. The van der Waals surface area contributed by atoms with Gasteiger partial charge in [0, 0.05) is 30.9 Å². The lowest BCUT2D eigenvalue weighted by Crippen LogP contribution is -2.15. The molecule has 0 aromatic carbocycles. The first-order valence-corrected chi connectivity index (χ1v) is 6.12. The number of hydrogen-bond donors (Lipinski definition) is 1. The molecule has 1 N–H and O–H groups in total. The summed E-state index contributed by atoms with van der Waals surface area (Å²) in [6, 6.07) is 4.14. The highest BCUT2D eigenvalue weighted by molar-refractivity contribution is 5.36. The topological polar surface area (TPSA) is 50.7 Å². The number of anilines is 1. The van der Waals surface area contributed by atoms with E-state index in [0.717, 1.165) is 0 Å². The van der Waals surface area contributed by atoms with Crippen molar-refractivity contribution in [3.63, 3.8) is 0 Å². The van der Waals surface area contributed by atoms with Gasteiger partial charge in [0.25, 0.3) is 0 Å². The van der Waals surface area contributed by atoms with Gasteiger partial charge in [0.1, 0.15) is 11.6 Å². The zero-order valence-electron chi connectivity index (χ0n) is 11.1. The van der Waals surface area contributed by atoms with Gasteiger partial charge in [-0.05, 0) is 19.1 Å². The minimum Gasteiger partial charge on any atom is -0.370 e. The van der Waals surface area contributed by atoms with Gasteiger partial charge in [0.15, 0.2) is 0 Å². The molecule has 0 fully saturated rings. The van der Waals surface area contributed by atoms with Gasteiger partial charge in [-0.15, -0.1) is 0 Å². The van der Waals surface area contributed by atoms with E-state index in [2.05, 4.69) is 20.3 Å². The van der Waals surface area contributed by atoms with Crippen molar-refractivity contribution in [1.29, 1.82) is 0 Å². The summed E-state index contributed by atoms with van der Waals surface area (Å²) in [6.45, 7) is 1.65. The van der Waals surface area contributed by atoms with E-state index in [4.69, 9.17) is 0 Å². The molecule has 0 spiro atoms. The summed E-state index contributed by atoms with van der Waals surface area (Å²) in [5, 5.41) is 2.72. The highest BCUT2D eigenvalue weighted by atomic mass is 19.4. The van der Waals surface area contributed by atoms with Gasteiger partial charge in [0.05, 0.1) is 5.69 Å². The van der Waals surface area contributed by atoms with E-state index in [1.165, 1.54) is 31.3 Å². The molecule has 112 valence electrons. The Balaban J connectivity index is 2.04. The number of pyridine rings is 1. The van der Waals surface area contributed by atoms with E-state index in [-0.39, 0.29) is 30.2 Å². The summed E-state index contributed by atoms with van der Waals surface area (Å²) in [7, 11) is 0. The van der Waals surface area contributed by atoms with Crippen LogP contribution in [0, 0.1) is 12.7 Å². The van der Waals surface area contributed by atoms with Gasteiger partial charge >= 0.3 is 6.18 Å². The smallest absolute Gasteiger partial charge is 0.370 e. The zero-order valence-corrected chi connectivity index (χ0v) is 11.1. The Labute approximate surface area is 118 Å². The van der Waals surface area contributed by atoms with Gasteiger partial charge in [-0.2, -0.15) is 13.2 Å². The van der Waals surface area contributed by atoms with Crippen LogP contribution in [0.1, 0.15) is 17.2 Å². The molecule has 4 nitrogen and oxygen atoms in total. The monoisotopic (exact) mass is 300 g/mol. The molecule has 0 amide bonds. The molecule has 0 saturated heterocycles. The van der Waals surface area contributed by atoms with Crippen molar-refractivity contribution in [2.24, 2.45) is 0 Å². The van der Waals surface area contributed by atoms with E-state index in [1.807, 2.05) is 0 Å². The SMILES string of the molecule is Cc1cc(NCCc2ncccc2F)nc(C(F)(F)F)n1. The maximum absolute atomic E-state index is 13.3. The van der Waals surface area contributed by atoms with Gasteiger partial charge in [-0.1, -0.05) is 0 Å². The quantitative estimate of drug-likeness (QED) is 0.882. The number of halogens is 4. The first-order valence-electron chi connectivity index (χ1n) is 6.12. The van der Waals surface area contributed by atoms with E-state index in [9.17, 15) is 17.6 Å². The number of nitrogens with one attached hydrogen (secondary N) is 1. The van der Waals surface area contributed by atoms with Crippen molar-refractivity contribution in [3.05, 3.63) is 47.4 Å². The number of hydrogen-bond acceptors (Lipinski definition) is 4. The van der Waals surface area contributed by atoms with Crippen LogP contribution in [0.2, 0.25) is 0 Å². The largest absolute Gasteiger partial charge is 0.451 e. The molecule has 0 aliphatic heterocycles. The second-order valence-corrected chi connectivity index (χ2v) is 4.32. The Kier molecular flexibility index (Phi) is 4.35. The standard InChI is InChI=1S/C13H12F4N4/c1-8-7-11(21-12(20-8)13(15,16)17)19-6-4-10-9(14)3-2-5-18-10/h2-3,5,7H,4,6H2,1H3,(H,19,20,21). The molecule has 2 rings (SSSR count). The minimum atomic E-state index is -4.60. The Morgan fingerprint density at radius 3 is 2.67 bits per heavy atom. The third kappa shape index (κ3) is 4.11. The predicted molar refractivity (Wildman–Crippen MR) is 68.2 cm³/mol. The predicted octanol–water partition coefficient (Wildman–Crippen LogP) is 2.99. The zero-order chi connectivity index (χ0) is 15.5. The van der Waals surface area contributed by atoms with Crippen molar-refractivity contribution in [3.8, 4) is 0 Å². The lowest BCUT2D eigenvalue weighted by molar-refractivity contribution is -0.145. The lowest BCUT2D eigenvalue weighted by Gasteiger charge is -2.10. The van der Waals surface area contributed by atoms with Crippen LogP contribution in [0.4, 0.5) is 23.4 Å². The summed E-state index contributed by atoms with van der Waals surface area (Å²) in [6.07, 6.45) is -2.92. The average Bonchev–Trinajstić information content (AvgIpc) is 2.39. The van der Waals surface area contributed by atoms with Crippen molar-refractivity contribution < 1.29 is 17.6 Å². The molecule has 21 heavy (non-hydrogen) atoms. The third-order valence-electron chi connectivity index (χ3n) is 2.61. The lowest BCUT2D eigenvalue weighted by atomic mass is 10.2. The van der Waals surface area contributed by atoms with Gasteiger partial charge < -0.3 is 5.32 Å². The number of nitrogens with zero attached hydrogens (tertiary/aromatic N) is 3. The van der Waals surface area contributed by atoms with Gasteiger partial charge in [0.2, 0.25) is 5.82 Å². The fraction of sp³-hybridized carbons (Fsp3) is 0.308. The van der Waals surface area contributed by atoms with E-state index in [1.54, 1.807) is 0 Å². The highest BCUT2D eigenvalue weighted by Crippen LogP contribution is 2.27. The van der Waals surface area contributed by atoms with Crippen LogP contribution in [0.25, 0.3) is 0 Å². The first-order chi connectivity index (χ1) is 9.86. The molecule has 0 saturated carbocycles. The number of alkyl halides is 3. The summed E-state index contributed by atoms with van der Waals surface area (Å²) < 4.78 is 51.1. The fourth-order valence-corrected chi connectivity index (χ4v) is 1.70.